The van der Waals surface area contributed by atoms with Gasteiger partial charge in [0.25, 0.3) is 0 Å². The van der Waals surface area contributed by atoms with E-state index in [1.807, 2.05) is 26.0 Å². The lowest BCUT2D eigenvalue weighted by Crippen LogP contribution is -2.38. The van der Waals surface area contributed by atoms with Crippen LogP contribution in [0.2, 0.25) is 0 Å². The number of phenolic OH excluding ortho intramolecular Hbond substituents is 1. The van der Waals surface area contributed by atoms with E-state index in [1.54, 1.807) is 0 Å². The highest BCUT2D eigenvalue weighted by Gasteiger charge is 2.41. The second-order valence-electron chi connectivity index (χ2n) is 7.16. The van der Waals surface area contributed by atoms with Crippen molar-refractivity contribution in [2.75, 3.05) is 0 Å². The van der Waals surface area contributed by atoms with Crippen LogP contribution in [0, 0.1) is 5.92 Å². The fourth-order valence-electron chi connectivity index (χ4n) is 3.57. The van der Waals surface area contributed by atoms with Crippen LogP contribution in [0.5, 0.6) is 5.75 Å². The fraction of sp³-hybridized carbons (Fsp3) is 0.632. The highest BCUT2D eigenvalue weighted by Crippen LogP contribution is 2.47. The number of Topliss-reactive ketones (excluding diaryl/α,β-unsaturated/α-hetero) is 1. The molecule has 2 heteroatoms. The average Bonchev–Trinajstić information content (AvgIpc) is 2.42. The first-order valence-electron chi connectivity index (χ1n) is 8.21. The highest BCUT2D eigenvalue weighted by atomic mass is 16.3. The lowest BCUT2D eigenvalue weighted by molar-refractivity contribution is 0.0908. The lowest BCUT2D eigenvalue weighted by atomic mass is 9.62. The molecule has 2 rings (SSSR count). The molecule has 2 unspecified atom stereocenters. The minimum Gasteiger partial charge on any atom is -0.508 e. The molecule has 0 amide bonds. The predicted octanol–water partition coefficient (Wildman–Crippen LogP) is 5.19. The van der Waals surface area contributed by atoms with Gasteiger partial charge in [0.15, 0.2) is 5.78 Å². The Hall–Kier alpha value is -1.31. The van der Waals surface area contributed by atoms with E-state index < -0.39 is 0 Å². The summed E-state index contributed by atoms with van der Waals surface area (Å²) in [5, 5.41) is 10.4. The topological polar surface area (TPSA) is 37.3 Å². The van der Waals surface area contributed by atoms with Crippen molar-refractivity contribution in [1.29, 1.82) is 0 Å². The first kappa shape index (κ1) is 16.1. The van der Waals surface area contributed by atoms with Gasteiger partial charge >= 0.3 is 0 Å². The molecular formula is C19H28O2. The van der Waals surface area contributed by atoms with Gasteiger partial charge in [0, 0.05) is 12.0 Å². The van der Waals surface area contributed by atoms with Gasteiger partial charge in [-0.25, -0.2) is 0 Å². The molecule has 0 saturated heterocycles. The van der Waals surface area contributed by atoms with E-state index in [0.717, 1.165) is 36.0 Å². The molecule has 21 heavy (non-hydrogen) atoms. The van der Waals surface area contributed by atoms with Gasteiger partial charge in [-0.15, -0.1) is 0 Å². The fourth-order valence-corrected chi connectivity index (χ4v) is 3.57. The molecular weight excluding hydrogens is 260 g/mol. The minimum atomic E-state index is -0.00770. The van der Waals surface area contributed by atoms with E-state index in [4.69, 9.17) is 0 Å². The zero-order chi connectivity index (χ0) is 15.8. The Morgan fingerprint density at radius 1 is 1.38 bits per heavy atom. The molecule has 1 aromatic carbocycles. The summed E-state index contributed by atoms with van der Waals surface area (Å²) in [5.41, 5.74) is 2.77. The lowest BCUT2D eigenvalue weighted by Gasteiger charge is -2.41. The van der Waals surface area contributed by atoms with E-state index >= 15 is 0 Å². The molecule has 1 aromatic rings. The average molecular weight is 288 g/mol. The molecule has 0 fully saturated rings. The van der Waals surface area contributed by atoms with Gasteiger partial charge in [-0.1, -0.05) is 47.5 Å². The summed E-state index contributed by atoms with van der Waals surface area (Å²) in [5.74, 6) is 1.12. The standard InChI is InChI=1S/C19H28O2/c1-6-7-8-19(5)13(4)9-17(20)15-10-14(12(2)3)18(21)11-16(15)19/h10-13,21H,6-9H2,1-5H3. The summed E-state index contributed by atoms with van der Waals surface area (Å²) in [7, 11) is 0. The maximum absolute atomic E-state index is 12.5. The molecule has 1 aliphatic rings. The Kier molecular flexibility index (Phi) is 4.46. The summed E-state index contributed by atoms with van der Waals surface area (Å²) in [6.45, 7) is 10.7. The molecule has 1 N–H and O–H groups in total. The largest absolute Gasteiger partial charge is 0.508 e. The van der Waals surface area contributed by atoms with Gasteiger partial charge in [-0.05, 0) is 46.9 Å². The number of hydrogen-bond donors (Lipinski definition) is 1. The predicted molar refractivity (Wildman–Crippen MR) is 87.2 cm³/mol. The molecule has 0 radical (unpaired) electrons. The van der Waals surface area contributed by atoms with Gasteiger partial charge in [-0.3, -0.25) is 4.79 Å². The number of aromatic hydroxyl groups is 1. The Balaban J connectivity index is 2.58. The quantitative estimate of drug-likeness (QED) is 0.828. The summed E-state index contributed by atoms with van der Waals surface area (Å²) >= 11 is 0. The Bertz CT molecular complexity index is 545. The Morgan fingerprint density at radius 3 is 2.62 bits per heavy atom. The smallest absolute Gasteiger partial charge is 0.163 e. The zero-order valence-corrected chi connectivity index (χ0v) is 14.0. The van der Waals surface area contributed by atoms with Crippen LogP contribution in [0.25, 0.3) is 0 Å². The maximum atomic E-state index is 12.5. The number of ketones is 1. The van der Waals surface area contributed by atoms with Gasteiger partial charge in [0.2, 0.25) is 0 Å². The second-order valence-corrected chi connectivity index (χ2v) is 7.16. The van der Waals surface area contributed by atoms with Crippen LogP contribution in [0.3, 0.4) is 0 Å². The maximum Gasteiger partial charge on any atom is 0.163 e. The van der Waals surface area contributed by atoms with E-state index in [2.05, 4.69) is 20.8 Å². The van der Waals surface area contributed by atoms with Crippen molar-refractivity contribution in [3.05, 3.63) is 28.8 Å². The van der Waals surface area contributed by atoms with Crippen LogP contribution in [0.1, 0.15) is 87.7 Å². The van der Waals surface area contributed by atoms with Gasteiger partial charge in [0.1, 0.15) is 5.75 Å². The Labute approximate surface area is 128 Å². The minimum absolute atomic E-state index is 0.00770. The third-order valence-electron chi connectivity index (χ3n) is 5.33. The normalized spacial score (nSPS) is 25.2. The molecule has 116 valence electrons. The summed E-state index contributed by atoms with van der Waals surface area (Å²) in [6, 6.07) is 3.81. The van der Waals surface area contributed by atoms with Crippen molar-refractivity contribution in [2.24, 2.45) is 5.92 Å². The zero-order valence-electron chi connectivity index (χ0n) is 14.0. The van der Waals surface area contributed by atoms with Crippen molar-refractivity contribution in [3.8, 4) is 5.75 Å². The number of unbranched alkanes of at least 4 members (excludes halogenated alkanes) is 1. The number of benzene rings is 1. The number of hydrogen-bond acceptors (Lipinski definition) is 2. The van der Waals surface area contributed by atoms with E-state index in [9.17, 15) is 9.90 Å². The molecule has 0 spiro atoms. The van der Waals surface area contributed by atoms with Crippen molar-refractivity contribution < 1.29 is 9.90 Å². The SMILES string of the molecule is CCCCC1(C)c2cc(O)c(C(C)C)cc2C(=O)CC1C. The first-order chi connectivity index (χ1) is 9.81. The van der Waals surface area contributed by atoms with E-state index in [-0.39, 0.29) is 17.1 Å². The van der Waals surface area contributed by atoms with E-state index in [0.29, 0.717) is 18.1 Å². The Morgan fingerprint density at radius 2 is 2.05 bits per heavy atom. The molecule has 1 aliphatic carbocycles. The van der Waals surface area contributed by atoms with Crippen molar-refractivity contribution in [2.45, 2.75) is 71.6 Å². The molecule has 0 heterocycles. The van der Waals surface area contributed by atoms with E-state index in [1.165, 1.54) is 0 Å². The summed E-state index contributed by atoms with van der Waals surface area (Å²) < 4.78 is 0. The molecule has 0 bridgehead atoms. The van der Waals surface area contributed by atoms with Crippen molar-refractivity contribution >= 4 is 5.78 Å². The molecule has 0 aromatic heterocycles. The molecule has 0 saturated carbocycles. The highest BCUT2D eigenvalue weighted by molar-refractivity contribution is 6.00. The number of carbonyl (C=O) groups excluding carboxylic acids is 1. The third-order valence-corrected chi connectivity index (χ3v) is 5.33. The van der Waals surface area contributed by atoms with Crippen LogP contribution in [0.15, 0.2) is 12.1 Å². The van der Waals surface area contributed by atoms with Crippen LogP contribution >= 0.6 is 0 Å². The van der Waals surface area contributed by atoms with Gasteiger partial charge in [-0.2, -0.15) is 0 Å². The first-order valence-corrected chi connectivity index (χ1v) is 8.21. The molecule has 2 nitrogen and oxygen atoms in total. The van der Waals surface area contributed by atoms with Crippen molar-refractivity contribution in [1.82, 2.24) is 0 Å². The molecule has 0 aliphatic heterocycles. The van der Waals surface area contributed by atoms with Crippen molar-refractivity contribution in [3.63, 3.8) is 0 Å². The van der Waals surface area contributed by atoms with Crippen LogP contribution in [-0.4, -0.2) is 10.9 Å². The van der Waals surface area contributed by atoms with Gasteiger partial charge in [0.05, 0.1) is 0 Å². The second kappa shape index (κ2) is 5.82. The summed E-state index contributed by atoms with van der Waals surface area (Å²) in [4.78, 5) is 12.5. The number of phenols is 1. The van der Waals surface area contributed by atoms with Gasteiger partial charge < -0.3 is 5.11 Å². The number of fused-ring (bicyclic) bond motifs is 1. The third kappa shape index (κ3) is 2.73. The number of rotatable bonds is 4. The van der Waals surface area contributed by atoms with Crippen LogP contribution < -0.4 is 0 Å². The summed E-state index contributed by atoms with van der Waals surface area (Å²) in [6.07, 6.45) is 4.00. The number of carbonyl (C=O) groups is 1. The van der Waals surface area contributed by atoms with Crippen LogP contribution in [-0.2, 0) is 5.41 Å². The van der Waals surface area contributed by atoms with Crippen LogP contribution in [0.4, 0.5) is 0 Å². The monoisotopic (exact) mass is 288 g/mol. The molecule has 2 atom stereocenters.